The van der Waals surface area contributed by atoms with Crippen LogP contribution in [0.25, 0.3) is 0 Å². The second-order valence-electron chi connectivity index (χ2n) is 5.55. The lowest BCUT2D eigenvalue weighted by molar-refractivity contribution is 0.102. The highest BCUT2D eigenvalue weighted by Gasteiger charge is 2.11. The molecule has 1 aromatic heterocycles. The molecule has 6 nitrogen and oxygen atoms in total. The Kier molecular flexibility index (Phi) is 5.35. The fourth-order valence-corrected chi connectivity index (χ4v) is 2.82. The lowest BCUT2D eigenvalue weighted by Crippen LogP contribution is -2.12. The smallest absolute Gasteiger partial charge is 0.257 e. The van der Waals surface area contributed by atoms with Crippen LogP contribution in [0, 0.1) is 13.8 Å². The summed E-state index contributed by atoms with van der Waals surface area (Å²) >= 11 is 11.9. The summed E-state index contributed by atoms with van der Waals surface area (Å²) in [6.07, 6.45) is 1.67. The molecular weight excluding hydrogens is 373 g/mol. The Morgan fingerprint density at radius 1 is 1.12 bits per heavy atom. The van der Waals surface area contributed by atoms with Crippen molar-refractivity contribution in [2.45, 2.75) is 13.8 Å². The van der Waals surface area contributed by atoms with Crippen LogP contribution in [0.5, 0.6) is 0 Å². The van der Waals surface area contributed by atoms with E-state index in [2.05, 4.69) is 20.6 Å². The molecule has 0 fully saturated rings. The molecule has 0 bridgehead atoms. The Labute approximate surface area is 160 Å². The SMILES string of the molecule is Cc1nnc(C)n1N=Cc1cccc(NC(=O)c2ccc(Cl)cc2Cl)c1. The Bertz CT molecular complexity index is 977. The number of aromatic nitrogens is 3. The zero-order chi connectivity index (χ0) is 18.7. The zero-order valence-corrected chi connectivity index (χ0v) is 15.6. The van der Waals surface area contributed by atoms with E-state index >= 15 is 0 Å². The molecule has 1 N–H and O–H groups in total. The topological polar surface area (TPSA) is 72.2 Å². The number of carbonyl (C=O) groups is 1. The van der Waals surface area contributed by atoms with Gasteiger partial charge in [0, 0.05) is 10.7 Å². The maximum atomic E-state index is 12.4. The molecule has 0 atom stereocenters. The van der Waals surface area contributed by atoms with E-state index in [4.69, 9.17) is 23.2 Å². The van der Waals surface area contributed by atoms with Crippen LogP contribution >= 0.6 is 23.2 Å². The lowest BCUT2D eigenvalue weighted by atomic mass is 10.2. The van der Waals surface area contributed by atoms with Gasteiger partial charge in [0.25, 0.3) is 5.91 Å². The molecule has 0 unspecified atom stereocenters. The number of benzene rings is 2. The van der Waals surface area contributed by atoms with Gasteiger partial charge in [0.05, 0.1) is 16.8 Å². The minimum absolute atomic E-state index is 0.297. The summed E-state index contributed by atoms with van der Waals surface area (Å²) in [7, 11) is 0. The van der Waals surface area contributed by atoms with E-state index in [0.29, 0.717) is 32.9 Å². The first-order chi connectivity index (χ1) is 12.4. The van der Waals surface area contributed by atoms with Crippen molar-refractivity contribution < 1.29 is 4.79 Å². The first-order valence-electron chi connectivity index (χ1n) is 7.73. The van der Waals surface area contributed by atoms with E-state index in [1.807, 2.05) is 26.0 Å². The van der Waals surface area contributed by atoms with Gasteiger partial charge in [-0.1, -0.05) is 35.3 Å². The van der Waals surface area contributed by atoms with Crippen LogP contribution in [-0.2, 0) is 0 Å². The van der Waals surface area contributed by atoms with Gasteiger partial charge in [0.15, 0.2) is 11.6 Å². The van der Waals surface area contributed by atoms with Crippen LogP contribution in [0.3, 0.4) is 0 Å². The highest BCUT2D eigenvalue weighted by molar-refractivity contribution is 6.37. The molecule has 1 heterocycles. The number of hydrogen-bond donors (Lipinski definition) is 1. The number of amides is 1. The summed E-state index contributed by atoms with van der Waals surface area (Å²) < 4.78 is 1.64. The number of aryl methyl sites for hydroxylation is 2. The number of rotatable bonds is 4. The molecule has 0 aliphatic rings. The van der Waals surface area contributed by atoms with E-state index in [9.17, 15) is 4.79 Å². The largest absolute Gasteiger partial charge is 0.322 e. The van der Waals surface area contributed by atoms with Gasteiger partial charge < -0.3 is 5.32 Å². The van der Waals surface area contributed by atoms with Crippen molar-refractivity contribution in [3.63, 3.8) is 0 Å². The Morgan fingerprint density at radius 2 is 1.85 bits per heavy atom. The minimum Gasteiger partial charge on any atom is -0.322 e. The van der Waals surface area contributed by atoms with Crippen molar-refractivity contribution in [1.29, 1.82) is 0 Å². The first-order valence-corrected chi connectivity index (χ1v) is 8.49. The number of anilines is 1. The molecule has 132 valence electrons. The summed E-state index contributed by atoms with van der Waals surface area (Å²) in [5.74, 6) is 1.08. The third-order valence-corrected chi connectivity index (χ3v) is 4.14. The van der Waals surface area contributed by atoms with E-state index in [1.165, 1.54) is 6.07 Å². The third kappa shape index (κ3) is 4.09. The summed E-state index contributed by atoms with van der Waals surface area (Å²) in [5, 5.41) is 15.9. The molecule has 0 aliphatic carbocycles. The number of nitrogens with zero attached hydrogens (tertiary/aromatic N) is 4. The highest BCUT2D eigenvalue weighted by atomic mass is 35.5. The van der Waals surface area contributed by atoms with Crippen LogP contribution in [0.1, 0.15) is 27.6 Å². The molecule has 3 rings (SSSR count). The maximum absolute atomic E-state index is 12.4. The third-order valence-electron chi connectivity index (χ3n) is 3.60. The molecule has 2 aromatic carbocycles. The van der Waals surface area contributed by atoms with Crippen LogP contribution in [-0.4, -0.2) is 27.0 Å². The molecule has 1 amide bonds. The molecule has 0 saturated heterocycles. The Balaban J connectivity index is 1.78. The summed E-state index contributed by atoms with van der Waals surface area (Å²) in [6.45, 7) is 3.65. The average molecular weight is 388 g/mol. The standard InChI is InChI=1S/C18H15Cl2N5O/c1-11-23-24-12(2)25(11)21-10-13-4-3-5-15(8-13)22-18(26)16-7-6-14(19)9-17(16)20/h3-10H,1-2H3,(H,22,26). The average Bonchev–Trinajstić information content (AvgIpc) is 2.91. The molecule has 0 radical (unpaired) electrons. The number of halogens is 2. The monoisotopic (exact) mass is 387 g/mol. The van der Waals surface area contributed by atoms with E-state index in [-0.39, 0.29) is 5.91 Å². The van der Waals surface area contributed by atoms with Crippen LogP contribution < -0.4 is 5.32 Å². The normalized spacial score (nSPS) is 11.1. The van der Waals surface area contributed by atoms with Crippen molar-refractivity contribution in [1.82, 2.24) is 14.9 Å². The lowest BCUT2D eigenvalue weighted by Gasteiger charge is -2.08. The Morgan fingerprint density at radius 3 is 2.54 bits per heavy atom. The van der Waals surface area contributed by atoms with Gasteiger partial charge in [-0.3, -0.25) is 4.79 Å². The Hall–Kier alpha value is -2.70. The maximum Gasteiger partial charge on any atom is 0.257 e. The molecule has 26 heavy (non-hydrogen) atoms. The highest BCUT2D eigenvalue weighted by Crippen LogP contribution is 2.22. The van der Waals surface area contributed by atoms with Gasteiger partial charge in [-0.25, -0.2) is 4.68 Å². The van der Waals surface area contributed by atoms with E-state index < -0.39 is 0 Å². The predicted octanol–water partition coefficient (Wildman–Crippen LogP) is 4.34. The van der Waals surface area contributed by atoms with Crippen molar-refractivity contribution >= 4 is 41.0 Å². The van der Waals surface area contributed by atoms with Crippen LogP contribution in [0.15, 0.2) is 47.6 Å². The number of nitrogens with one attached hydrogen (secondary N) is 1. The van der Waals surface area contributed by atoms with Gasteiger partial charge in [-0.05, 0) is 49.7 Å². The molecule has 8 heteroatoms. The molecule has 0 spiro atoms. The van der Waals surface area contributed by atoms with Crippen LogP contribution in [0.2, 0.25) is 10.0 Å². The van der Waals surface area contributed by atoms with Gasteiger partial charge >= 0.3 is 0 Å². The van der Waals surface area contributed by atoms with E-state index in [0.717, 1.165) is 5.56 Å². The summed E-state index contributed by atoms with van der Waals surface area (Å²) in [6, 6.07) is 12.0. The van der Waals surface area contributed by atoms with Gasteiger partial charge in [0.2, 0.25) is 0 Å². The van der Waals surface area contributed by atoms with Gasteiger partial charge in [-0.15, -0.1) is 10.2 Å². The van der Waals surface area contributed by atoms with Crippen molar-refractivity contribution in [3.05, 3.63) is 75.3 Å². The van der Waals surface area contributed by atoms with E-state index in [1.54, 1.807) is 35.2 Å². The van der Waals surface area contributed by atoms with Gasteiger partial charge in [0.1, 0.15) is 0 Å². The van der Waals surface area contributed by atoms with Crippen molar-refractivity contribution in [3.8, 4) is 0 Å². The molecule has 3 aromatic rings. The predicted molar refractivity (Wildman–Crippen MR) is 103 cm³/mol. The molecular formula is C18H15Cl2N5O. The van der Waals surface area contributed by atoms with Crippen molar-refractivity contribution in [2.24, 2.45) is 5.10 Å². The summed E-state index contributed by atoms with van der Waals surface area (Å²) in [5.41, 5.74) is 1.80. The molecule has 0 aliphatic heterocycles. The summed E-state index contributed by atoms with van der Waals surface area (Å²) in [4.78, 5) is 12.4. The minimum atomic E-state index is -0.314. The first kappa shape index (κ1) is 18.1. The second-order valence-corrected chi connectivity index (χ2v) is 6.40. The molecule has 0 saturated carbocycles. The number of carbonyl (C=O) groups excluding carboxylic acids is 1. The van der Waals surface area contributed by atoms with Gasteiger partial charge in [-0.2, -0.15) is 5.10 Å². The second kappa shape index (κ2) is 7.68. The van der Waals surface area contributed by atoms with Crippen molar-refractivity contribution in [2.75, 3.05) is 5.32 Å². The van der Waals surface area contributed by atoms with Crippen LogP contribution in [0.4, 0.5) is 5.69 Å². The zero-order valence-electron chi connectivity index (χ0n) is 14.1. The number of hydrogen-bond acceptors (Lipinski definition) is 4. The fraction of sp³-hybridized carbons (Fsp3) is 0.111. The quantitative estimate of drug-likeness (QED) is 0.676. The fourth-order valence-electron chi connectivity index (χ4n) is 2.32.